The molecule has 0 aliphatic carbocycles. The summed E-state index contributed by atoms with van der Waals surface area (Å²) in [5.74, 6) is -0.313. The van der Waals surface area contributed by atoms with Gasteiger partial charge in [-0.3, -0.25) is 0 Å². The van der Waals surface area contributed by atoms with Crippen LogP contribution in [-0.2, 0) is 6.54 Å². The summed E-state index contributed by atoms with van der Waals surface area (Å²) in [7, 11) is 0. The molecule has 1 aromatic rings. The average molecular weight is 206 g/mol. The van der Waals surface area contributed by atoms with Crippen molar-refractivity contribution in [3.8, 4) is 5.75 Å². The topological polar surface area (TPSA) is 61.3 Å². The number of nitrogen functional groups attached to an aromatic ring is 1. The number of benzene rings is 1. The molecule has 0 atom stereocenters. The van der Waals surface area contributed by atoms with Crippen molar-refractivity contribution < 1.29 is 17.9 Å². The lowest BCUT2D eigenvalue weighted by Crippen LogP contribution is -2.17. The molecule has 0 unspecified atom stereocenters. The third kappa shape index (κ3) is 2.81. The van der Waals surface area contributed by atoms with Gasteiger partial charge in [0.1, 0.15) is 5.75 Å². The number of rotatable bonds is 2. The van der Waals surface area contributed by atoms with E-state index in [9.17, 15) is 13.2 Å². The molecular formula is C8H9F3N2O. The Morgan fingerprint density at radius 2 is 1.93 bits per heavy atom. The van der Waals surface area contributed by atoms with Crippen molar-refractivity contribution in [3.63, 3.8) is 0 Å². The minimum atomic E-state index is -4.69. The van der Waals surface area contributed by atoms with E-state index in [1.165, 1.54) is 12.1 Å². The molecule has 0 bridgehead atoms. The molecule has 78 valence electrons. The molecule has 0 saturated heterocycles. The largest absolute Gasteiger partial charge is 0.573 e. The molecule has 0 spiro atoms. The van der Waals surface area contributed by atoms with Crippen molar-refractivity contribution in [2.75, 3.05) is 5.73 Å². The van der Waals surface area contributed by atoms with Crippen LogP contribution in [0, 0.1) is 0 Å². The summed E-state index contributed by atoms with van der Waals surface area (Å²) in [5, 5.41) is 0. The fourth-order valence-corrected chi connectivity index (χ4v) is 0.956. The second-order valence-corrected chi connectivity index (χ2v) is 2.61. The molecule has 0 aliphatic heterocycles. The second-order valence-electron chi connectivity index (χ2n) is 2.61. The number of nitrogens with two attached hydrogens (primary N) is 2. The number of ether oxygens (including phenoxy) is 1. The maximum Gasteiger partial charge on any atom is 0.573 e. The van der Waals surface area contributed by atoms with Gasteiger partial charge in [0, 0.05) is 12.2 Å². The van der Waals surface area contributed by atoms with Gasteiger partial charge in [0.15, 0.2) is 0 Å². The van der Waals surface area contributed by atoms with E-state index in [0.29, 0.717) is 11.3 Å². The first-order chi connectivity index (χ1) is 6.42. The fourth-order valence-electron chi connectivity index (χ4n) is 0.956. The highest BCUT2D eigenvalue weighted by Gasteiger charge is 2.31. The first kappa shape index (κ1) is 10.6. The van der Waals surface area contributed by atoms with Gasteiger partial charge in [0.05, 0.1) is 0 Å². The quantitative estimate of drug-likeness (QED) is 0.723. The van der Waals surface area contributed by atoms with Crippen LogP contribution in [0.15, 0.2) is 18.2 Å². The Labute approximate surface area is 78.5 Å². The molecule has 3 nitrogen and oxygen atoms in total. The Balaban J connectivity index is 2.90. The molecule has 0 aromatic heterocycles. The van der Waals surface area contributed by atoms with Gasteiger partial charge in [-0.05, 0) is 23.8 Å². The predicted molar refractivity (Wildman–Crippen MR) is 45.4 cm³/mol. The molecular weight excluding hydrogens is 197 g/mol. The van der Waals surface area contributed by atoms with Crippen LogP contribution in [0.4, 0.5) is 18.9 Å². The zero-order valence-corrected chi connectivity index (χ0v) is 7.14. The highest BCUT2D eigenvalue weighted by molar-refractivity contribution is 5.50. The number of hydrogen-bond donors (Lipinski definition) is 2. The van der Waals surface area contributed by atoms with E-state index in [2.05, 4.69) is 4.74 Å². The van der Waals surface area contributed by atoms with Crippen LogP contribution in [0.25, 0.3) is 0 Å². The van der Waals surface area contributed by atoms with Crippen LogP contribution >= 0.6 is 0 Å². The van der Waals surface area contributed by atoms with Gasteiger partial charge in [-0.2, -0.15) is 0 Å². The molecule has 4 N–H and O–H groups in total. The standard InChI is InChI=1S/C8H9F3N2O/c9-8(10,11)14-6-1-2-7(13)5(3-6)4-12/h1-3H,4,12-13H2. The molecule has 1 aromatic carbocycles. The minimum Gasteiger partial charge on any atom is -0.406 e. The maximum absolute atomic E-state index is 11.8. The molecule has 0 fully saturated rings. The Morgan fingerprint density at radius 1 is 1.29 bits per heavy atom. The first-order valence-corrected chi connectivity index (χ1v) is 3.76. The fraction of sp³-hybridized carbons (Fsp3) is 0.250. The van der Waals surface area contributed by atoms with Gasteiger partial charge in [-0.25, -0.2) is 0 Å². The van der Waals surface area contributed by atoms with E-state index in [1.54, 1.807) is 0 Å². The normalized spacial score (nSPS) is 11.4. The van der Waals surface area contributed by atoms with Gasteiger partial charge < -0.3 is 16.2 Å². The maximum atomic E-state index is 11.8. The van der Waals surface area contributed by atoms with Crippen molar-refractivity contribution >= 4 is 5.69 Å². The van der Waals surface area contributed by atoms with Crippen molar-refractivity contribution in [1.29, 1.82) is 0 Å². The minimum absolute atomic E-state index is 0.0703. The van der Waals surface area contributed by atoms with Crippen LogP contribution in [-0.4, -0.2) is 6.36 Å². The van der Waals surface area contributed by atoms with Crippen LogP contribution in [0.3, 0.4) is 0 Å². The molecule has 0 amide bonds. The smallest absolute Gasteiger partial charge is 0.406 e. The number of halogens is 3. The first-order valence-electron chi connectivity index (χ1n) is 3.76. The zero-order valence-electron chi connectivity index (χ0n) is 7.14. The third-order valence-electron chi connectivity index (χ3n) is 1.57. The Hall–Kier alpha value is -1.43. The van der Waals surface area contributed by atoms with Gasteiger partial charge >= 0.3 is 6.36 Å². The van der Waals surface area contributed by atoms with E-state index < -0.39 is 6.36 Å². The van der Waals surface area contributed by atoms with E-state index in [0.717, 1.165) is 6.07 Å². The summed E-state index contributed by atoms with van der Waals surface area (Å²) < 4.78 is 39.1. The highest BCUT2D eigenvalue weighted by Crippen LogP contribution is 2.25. The molecule has 0 saturated carbocycles. The monoisotopic (exact) mass is 206 g/mol. The van der Waals surface area contributed by atoms with E-state index in [4.69, 9.17) is 11.5 Å². The van der Waals surface area contributed by atoms with Crippen molar-refractivity contribution in [1.82, 2.24) is 0 Å². The highest BCUT2D eigenvalue weighted by atomic mass is 19.4. The van der Waals surface area contributed by atoms with E-state index >= 15 is 0 Å². The molecule has 1 rings (SSSR count). The zero-order chi connectivity index (χ0) is 10.8. The summed E-state index contributed by atoms with van der Waals surface area (Å²) in [4.78, 5) is 0. The summed E-state index contributed by atoms with van der Waals surface area (Å²) in [6, 6.07) is 3.63. The van der Waals surface area contributed by atoms with Crippen molar-refractivity contribution in [3.05, 3.63) is 23.8 Å². The van der Waals surface area contributed by atoms with Gasteiger partial charge in [-0.1, -0.05) is 0 Å². The Bertz CT molecular complexity index is 325. The van der Waals surface area contributed by atoms with Crippen molar-refractivity contribution in [2.24, 2.45) is 5.73 Å². The van der Waals surface area contributed by atoms with Crippen molar-refractivity contribution in [2.45, 2.75) is 12.9 Å². The predicted octanol–water partition coefficient (Wildman–Crippen LogP) is 1.63. The molecule has 14 heavy (non-hydrogen) atoms. The molecule has 6 heteroatoms. The summed E-state index contributed by atoms with van der Waals surface area (Å²) >= 11 is 0. The van der Waals surface area contributed by atoms with E-state index in [-0.39, 0.29) is 12.3 Å². The molecule has 0 radical (unpaired) electrons. The van der Waals surface area contributed by atoms with Gasteiger partial charge in [0.2, 0.25) is 0 Å². The summed E-state index contributed by atoms with van der Waals surface area (Å²) in [6.45, 7) is 0.0703. The average Bonchev–Trinajstić information content (AvgIpc) is 2.06. The second kappa shape index (κ2) is 3.75. The summed E-state index contributed by atoms with van der Waals surface area (Å²) in [5.41, 5.74) is 11.5. The Kier molecular flexibility index (Phi) is 2.85. The lowest BCUT2D eigenvalue weighted by molar-refractivity contribution is -0.274. The Morgan fingerprint density at radius 3 is 2.43 bits per heavy atom. The third-order valence-corrected chi connectivity index (χ3v) is 1.57. The van der Waals surface area contributed by atoms with Crippen LogP contribution in [0.1, 0.15) is 5.56 Å². The number of anilines is 1. The number of alkyl halides is 3. The SMILES string of the molecule is NCc1cc(OC(F)(F)F)ccc1N. The van der Waals surface area contributed by atoms with Crippen LogP contribution in [0.2, 0.25) is 0 Å². The van der Waals surface area contributed by atoms with Crippen LogP contribution in [0.5, 0.6) is 5.75 Å². The van der Waals surface area contributed by atoms with Crippen LogP contribution < -0.4 is 16.2 Å². The molecule has 0 heterocycles. The number of hydrogen-bond acceptors (Lipinski definition) is 3. The lowest BCUT2D eigenvalue weighted by Gasteiger charge is -2.10. The lowest BCUT2D eigenvalue weighted by atomic mass is 10.2. The molecule has 0 aliphatic rings. The summed E-state index contributed by atoms with van der Waals surface area (Å²) in [6.07, 6.45) is -4.69. The van der Waals surface area contributed by atoms with Gasteiger partial charge in [0.25, 0.3) is 0 Å². The van der Waals surface area contributed by atoms with Gasteiger partial charge in [-0.15, -0.1) is 13.2 Å². The van der Waals surface area contributed by atoms with E-state index in [1.807, 2.05) is 0 Å².